The highest BCUT2D eigenvalue weighted by atomic mass is 79.9. The van der Waals surface area contributed by atoms with Gasteiger partial charge in [-0.2, -0.15) is 4.98 Å². The van der Waals surface area contributed by atoms with Crippen molar-refractivity contribution >= 4 is 21.9 Å². The molecule has 1 atom stereocenters. The monoisotopic (exact) mass is 314 g/mol. The molecule has 0 amide bonds. The van der Waals surface area contributed by atoms with Gasteiger partial charge in [-0.15, -0.1) is 0 Å². The molecule has 1 saturated heterocycles. The summed E-state index contributed by atoms with van der Waals surface area (Å²) in [6, 6.07) is 0.573. The maximum atomic E-state index is 5.27. The third-order valence-electron chi connectivity index (χ3n) is 3.34. The van der Waals surface area contributed by atoms with Gasteiger partial charge in [-0.3, -0.25) is 0 Å². The van der Waals surface area contributed by atoms with Crippen LogP contribution in [0.4, 0.5) is 5.95 Å². The fourth-order valence-electron chi connectivity index (χ4n) is 2.14. The van der Waals surface area contributed by atoms with Crippen molar-refractivity contribution in [3.05, 3.63) is 10.2 Å². The lowest BCUT2D eigenvalue weighted by molar-refractivity contribution is 0.315. The summed E-state index contributed by atoms with van der Waals surface area (Å²) < 4.78 is 6.10. The molecule has 5 nitrogen and oxygen atoms in total. The Balaban J connectivity index is 2.22. The summed E-state index contributed by atoms with van der Waals surface area (Å²) in [6.45, 7) is 3.92. The lowest BCUT2D eigenvalue weighted by Crippen LogP contribution is -2.32. The van der Waals surface area contributed by atoms with Crippen molar-refractivity contribution in [1.82, 2.24) is 14.9 Å². The van der Waals surface area contributed by atoms with Gasteiger partial charge in [0.05, 0.1) is 12.8 Å². The van der Waals surface area contributed by atoms with Gasteiger partial charge in [0.25, 0.3) is 0 Å². The predicted octanol–water partition coefficient (Wildman–Crippen LogP) is 1.70. The van der Waals surface area contributed by atoms with Crippen LogP contribution in [0.25, 0.3) is 0 Å². The number of ether oxygens (including phenoxy) is 1. The summed E-state index contributed by atoms with van der Waals surface area (Å²) in [6.07, 6.45) is 1.15. The SMILES string of the molecule is COc1nc(N2CCC(N(C)C)C2)nc(C)c1Br. The Morgan fingerprint density at radius 2 is 2.11 bits per heavy atom. The first-order valence-corrected chi connectivity index (χ1v) is 6.81. The number of aryl methyl sites for hydroxylation is 1. The normalized spacial score (nSPS) is 19.7. The Morgan fingerprint density at radius 3 is 2.67 bits per heavy atom. The molecule has 0 spiro atoms. The number of nitrogens with zero attached hydrogens (tertiary/aromatic N) is 4. The highest BCUT2D eigenvalue weighted by molar-refractivity contribution is 9.10. The molecular formula is C12H19BrN4O. The van der Waals surface area contributed by atoms with Gasteiger partial charge in [-0.05, 0) is 43.4 Å². The van der Waals surface area contributed by atoms with Crippen LogP contribution in [-0.2, 0) is 0 Å². The van der Waals surface area contributed by atoms with Crippen molar-refractivity contribution in [2.45, 2.75) is 19.4 Å². The molecule has 1 aromatic rings. The second kappa shape index (κ2) is 5.40. The van der Waals surface area contributed by atoms with Crippen LogP contribution in [0, 0.1) is 6.92 Å². The minimum absolute atomic E-state index is 0.573. The summed E-state index contributed by atoms with van der Waals surface area (Å²) in [5, 5.41) is 0. The second-order valence-electron chi connectivity index (χ2n) is 4.78. The van der Waals surface area contributed by atoms with Crippen LogP contribution in [0.15, 0.2) is 4.47 Å². The van der Waals surface area contributed by atoms with E-state index in [2.05, 4.69) is 49.8 Å². The summed E-state index contributed by atoms with van der Waals surface area (Å²) >= 11 is 3.44. The number of aromatic nitrogens is 2. The maximum absolute atomic E-state index is 5.27. The highest BCUT2D eigenvalue weighted by Gasteiger charge is 2.26. The Morgan fingerprint density at radius 1 is 1.39 bits per heavy atom. The van der Waals surface area contributed by atoms with E-state index in [9.17, 15) is 0 Å². The van der Waals surface area contributed by atoms with Gasteiger partial charge in [0.1, 0.15) is 4.47 Å². The van der Waals surface area contributed by atoms with Gasteiger partial charge in [0.2, 0.25) is 11.8 Å². The molecule has 1 aromatic heterocycles. The van der Waals surface area contributed by atoms with Crippen molar-refractivity contribution in [2.75, 3.05) is 39.2 Å². The molecule has 1 fully saturated rings. The van der Waals surface area contributed by atoms with Crippen molar-refractivity contribution < 1.29 is 4.74 Å². The molecule has 0 saturated carbocycles. The molecule has 100 valence electrons. The number of anilines is 1. The predicted molar refractivity (Wildman–Crippen MR) is 75.3 cm³/mol. The molecule has 18 heavy (non-hydrogen) atoms. The van der Waals surface area contributed by atoms with E-state index < -0.39 is 0 Å². The van der Waals surface area contributed by atoms with Crippen LogP contribution in [0.1, 0.15) is 12.1 Å². The Bertz CT molecular complexity index is 438. The quantitative estimate of drug-likeness (QED) is 0.849. The zero-order chi connectivity index (χ0) is 13.3. The number of rotatable bonds is 3. The van der Waals surface area contributed by atoms with E-state index in [-0.39, 0.29) is 0 Å². The Labute approximate surface area is 116 Å². The molecule has 0 radical (unpaired) electrons. The van der Waals surface area contributed by atoms with E-state index in [4.69, 9.17) is 4.74 Å². The van der Waals surface area contributed by atoms with Gasteiger partial charge in [-0.1, -0.05) is 0 Å². The van der Waals surface area contributed by atoms with Crippen LogP contribution >= 0.6 is 15.9 Å². The number of halogens is 1. The number of hydrogen-bond donors (Lipinski definition) is 0. The van der Waals surface area contributed by atoms with Crippen molar-refractivity contribution in [1.29, 1.82) is 0 Å². The van der Waals surface area contributed by atoms with Crippen molar-refractivity contribution in [3.8, 4) is 5.88 Å². The molecule has 1 aliphatic rings. The summed E-state index contributed by atoms with van der Waals surface area (Å²) in [5.74, 6) is 1.36. The molecule has 6 heteroatoms. The van der Waals surface area contributed by atoms with Gasteiger partial charge in [0, 0.05) is 19.1 Å². The summed E-state index contributed by atoms with van der Waals surface area (Å²) in [5.41, 5.74) is 0.908. The van der Waals surface area contributed by atoms with Crippen LogP contribution in [0.3, 0.4) is 0 Å². The number of methoxy groups -OCH3 is 1. The average molecular weight is 315 g/mol. The minimum Gasteiger partial charge on any atom is -0.480 e. The average Bonchev–Trinajstić information content (AvgIpc) is 2.82. The molecule has 2 heterocycles. The topological polar surface area (TPSA) is 41.5 Å². The highest BCUT2D eigenvalue weighted by Crippen LogP contribution is 2.28. The molecule has 0 aromatic carbocycles. The molecule has 1 aliphatic heterocycles. The lowest BCUT2D eigenvalue weighted by atomic mass is 10.2. The minimum atomic E-state index is 0.573. The van der Waals surface area contributed by atoms with E-state index in [1.807, 2.05) is 6.92 Å². The first kappa shape index (κ1) is 13.5. The summed E-state index contributed by atoms with van der Waals surface area (Å²) in [7, 11) is 5.85. The first-order chi connectivity index (χ1) is 8.52. The van der Waals surface area contributed by atoms with Crippen molar-refractivity contribution in [2.24, 2.45) is 0 Å². The molecule has 2 rings (SSSR count). The van der Waals surface area contributed by atoms with Crippen LogP contribution < -0.4 is 9.64 Å². The van der Waals surface area contributed by atoms with Gasteiger partial charge in [-0.25, -0.2) is 4.98 Å². The third-order valence-corrected chi connectivity index (χ3v) is 4.26. The van der Waals surface area contributed by atoms with Gasteiger partial charge < -0.3 is 14.5 Å². The maximum Gasteiger partial charge on any atom is 0.232 e. The zero-order valence-electron chi connectivity index (χ0n) is 11.3. The Kier molecular flexibility index (Phi) is 4.07. The molecular weight excluding hydrogens is 296 g/mol. The first-order valence-electron chi connectivity index (χ1n) is 6.02. The van der Waals surface area contributed by atoms with E-state index >= 15 is 0 Å². The second-order valence-corrected chi connectivity index (χ2v) is 5.58. The van der Waals surface area contributed by atoms with Gasteiger partial charge in [0.15, 0.2) is 0 Å². The fraction of sp³-hybridized carbons (Fsp3) is 0.667. The Hall–Kier alpha value is -0.880. The number of likely N-dealkylation sites (N-methyl/N-ethyl adjacent to an activating group) is 1. The van der Waals surface area contributed by atoms with E-state index in [1.54, 1.807) is 7.11 Å². The van der Waals surface area contributed by atoms with Crippen LogP contribution in [0.5, 0.6) is 5.88 Å². The third kappa shape index (κ3) is 2.59. The van der Waals surface area contributed by atoms with Crippen LogP contribution in [-0.4, -0.2) is 55.2 Å². The molecule has 1 unspecified atom stereocenters. The zero-order valence-corrected chi connectivity index (χ0v) is 12.9. The molecule has 0 aliphatic carbocycles. The number of hydrogen-bond acceptors (Lipinski definition) is 5. The van der Waals surface area contributed by atoms with Crippen LogP contribution in [0.2, 0.25) is 0 Å². The molecule has 0 bridgehead atoms. The fourth-order valence-corrected chi connectivity index (χ4v) is 2.48. The van der Waals surface area contributed by atoms with E-state index in [0.29, 0.717) is 11.9 Å². The molecule has 0 N–H and O–H groups in total. The lowest BCUT2D eigenvalue weighted by Gasteiger charge is -2.21. The van der Waals surface area contributed by atoms with E-state index in [0.717, 1.165) is 35.6 Å². The smallest absolute Gasteiger partial charge is 0.232 e. The largest absolute Gasteiger partial charge is 0.480 e. The van der Waals surface area contributed by atoms with E-state index in [1.165, 1.54) is 0 Å². The van der Waals surface area contributed by atoms with Gasteiger partial charge >= 0.3 is 0 Å². The van der Waals surface area contributed by atoms with Crippen molar-refractivity contribution in [3.63, 3.8) is 0 Å². The summed E-state index contributed by atoms with van der Waals surface area (Å²) in [4.78, 5) is 13.4. The standard InChI is InChI=1S/C12H19BrN4O/c1-8-10(13)11(18-4)15-12(14-8)17-6-5-9(7-17)16(2)3/h9H,5-7H2,1-4H3.